The Morgan fingerprint density at radius 2 is 1.38 bits per heavy atom. The fraction of sp³-hybridized carbons (Fsp3) is 0.250. The molecule has 0 aliphatic rings. The standard InChI is InChI=1S/C28H31N3O5S/c32-25(31-36)17-10-18-37-20-24(26(33)29-19-21-11-4-1-5-12-21)30-27(34)28(35,22-13-6-2-7-14-22)23-15-8-3-9-16-23/h1-9,11-16,24,35-36H,10,17-20H2,(H,29,33)(H,30,34)(H,31,32)/t24-/m0/s1. The summed E-state index contributed by atoms with van der Waals surface area (Å²) >= 11 is 1.39. The van der Waals surface area contributed by atoms with Gasteiger partial charge < -0.3 is 15.7 Å². The lowest BCUT2D eigenvalue weighted by atomic mass is 9.85. The van der Waals surface area contributed by atoms with Crippen LogP contribution in [0, 0.1) is 0 Å². The zero-order chi connectivity index (χ0) is 26.5. The lowest BCUT2D eigenvalue weighted by molar-refractivity contribution is -0.139. The number of hydrogen-bond donors (Lipinski definition) is 5. The quantitative estimate of drug-likeness (QED) is 0.134. The van der Waals surface area contributed by atoms with Crippen LogP contribution in [-0.4, -0.2) is 45.6 Å². The third kappa shape index (κ3) is 7.91. The average Bonchev–Trinajstić information content (AvgIpc) is 2.95. The minimum atomic E-state index is -2.01. The van der Waals surface area contributed by atoms with Crippen LogP contribution in [0.4, 0.5) is 0 Å². The molecule has 0 saturated heterocycles. The molecule has 0 radical (unpaired) electrons. The van der Waals surface area contributed by atoms with Crippen molar-refractivity contribution in [1.82, 2.24) is 16.1 Å². The van der Waals surface area contributed by atoms with Gasteiger partial charge in [0.15, 0.2) is 5.60 Å². The van der Waals surface area contributed by atoms with Gasteiger partial charge >= 0.3 is 0 Å². The molecule has 37 heavy (non-hydrogen) atoms. The topological polar surface area (TPSA) is 128 Å². The van der Waals surface area contributed by atoms with E-state index in [2.05, 4.69) is 10.6 Å². The zero-order valence-electron chi connectivity index (χ0n) is 20.3. The van der Waals surface area contributed by atoms with E-state index in [1.54, 1.807) is 66.1 Å². The van der Waals surface area contributed by atoms with Crippen molar-refractivity contribution < 1.29 is 24.7 Å². The highest BCUT2D eigenvalue weighted by Gasteiger charge is 2.41. The molecule has 5 N–H and O–H groups in total. The van der Waals surface area contributed by atoms with Crippen molar-refractivity contribution >= 4 is 29.5 Å². The molecule has 8 nitrogen and oxygen atoms in total. The molecule has 1 atom stereocenters. The summed E-state index contributed by atoms with van der Waals surface area (Å²) in [5.74, 6) is -0.826. The molecule has 0 fully saturated rings. The van der Waals surface area contributed by atoms with Crippen molar-refractivity contribution in [3.63, 3.8) is 0 Å². The fourth-order valence-corrected chi connectivity index (χ4v) is 4.72. The van der Waals surface area contributed by atoms with Crippen LogP contribution < -0.4 is 16.1 Å². The first-order valence-corrected chi connectivity index (χ1v) is 13.1. The van der Waals surface area contributed by atoms with Crippen molar-refractivity contribution in [2.75, 3.05) is 11.5 Å². The van der Waals surface area contributed by atoms with Gasteiger partial charge in [0, 0.05) is 18.7 Å². The molecule has 0 bridgehead atoms. The van der Waals surface area contributed by atoms with Gasteiger partial charge in [0.05, 0.1) is 0 Å². The van der Waals surface area contributed by atoms with Crippen LogP contribution in [0.3, 0.4) is 0 Å². The van der Waals surface area contributed by atoms with Gasteiger partial charge in [0.2, 0.25) is 11.8 Å². The highest BCUT2D eigenvalue weighted by Crippen LogP contribution is 2.30. The summed E-state index contributed by atoms with van der Waals surface area (Å²) in [6.45, 7) is 0.287. The number of rotatable bonds is 13. The molecule has 0 unspecified atom stereocenters. The van der Waals surface area contributed by atoms with Gasteiger partial charge in [-0.25, -0.2) is 5.48 Å². The first kappa shape index (κ1) is 27.9. The Morgan fingerprint density at radius 3 is 1.92 bits per heavy atom. The third-order valence-electron chi connectivity index (χ3n) is 5.74. The van der Waals surface area contributed by atoms with E-state index in [1.807, 2.05) is 30.3 Å². The minimum Gasteiger partial charge on any atom is -0.372 e. The fourth-order valence-electron chi connectivity index (χ4n) is 3.73. The second-order valence-corrected chi connectivity index (χ2v) is 9.54. The molecule has 0 aliphatic carbocycles. The molecule has 3 amide bonds. The summed E-state index contributed by atoms with van der Waals surface area (Å²) in [7, 11) is 0. The van der Waals surface area contributed by atoms with E-state index in [4.69, 9.17) is 5.21 Å². The maximum absolute atomic E-state index is 13.6. The van der Waals surface area contributed by atoms with Gasteiger partial charge in [0.25, 0.3) is 5.91 Å². The maximum atomic E-state index is 13.6. The lowest BCUT2D eigenvalue weighted by Gasteiger charge is -2.30. The average molecular weight is 522 g/mol. The van der Waals surface area contributed by atoms with Gasteiger partial charge in [-0.05, 0) is 28.9 Å². The molecular weight excluding hydrogens is 490 g/mol. The van der Waals surface area contributed by atoms with Gasteiger partial charge in [-0.2, -0.15) is 11.8 Å². The molecule has 0 heterocycles. The van der Waals surface area contributed by atoms with Crippen LogP contribution in [0.1, 0.15) is 29.5 Å². The Bertz CT molecular complexity index is 1110. The molecular formula is C28H31N3O5S. The van der Waals surface area contributed by atoms with Crippen LogP contribution in [0.2, 0.25) is 0 Å². The Morgan fingerprint density at radius 1 is 0.838 bits per heavy atom. The Hall–Kier alpha value is -3.66. The SMILES string of the molecule is O=C(CCCSC[C@H](NC(=O)C(O)(c1ccccc1)c1ccccc1)C(=O)NCc1ccccc1)NO. The van der Waals surface area contributed by atoms with Crippen LogP contribution in [0.5, 0.6) is 0 Å². The number of carbonyl (C=O) groups excluding carboxylic acids is 3. The van der Waals surface area contributed by atoms with E-state index in [9.17, 15) is 19.5 Å². The van der Waals surface area contributed by atoms with E-state index in [0.29, 0.717) is 23.3 Å². The number of hydrogen-bond acceptors (Lipinski definition) is 6. The number of hydroxylamine groups is 1. The first-order chi connectivity index (χ1) is 17.9. The third-order valence-corrected chi connectivity index (χ3v) is 6.89. The van der Waals surface area contributed by atoms with E-state index in [0.717, 1.165) is 5.56 Å². The van der Waals surface area contributed by atoms with Crippen molar-refractivity contribution in [1.29, 1.82) is 0 Å². The van der Waals surface area contributed by atoms with Gasteiger partial charge in [-0.15, -0.1) is 0 Å². The van der Waals surface area contributed by atoms with Crippen molar-refractivity contribution in [3.8, 4) is 0 Å². The number of carbonyl (C=O) groups is 3. The highest BCUT2D eigenvalue weighted by molar-refractivity contribution is 7.99. The number of benzene rings is 3. The van der Waals surface area contributed by atoms with E-state index < -0.39 is 23.5 Å². The summed E-state index contributed by atoms with van der Waals surface area (Å²) in [5.41, 5.74) is 1.25. The predicted molar refractivity (Wildman–Crippen MR) is 143 cm³/mol. The first-order valence-electron chi connectivity index (χ1n) is 11.9. The molecule has 9 heteroatoms. The number of amides is 3. The van der Waals surface area contributed by atoms with Crippen molar-refractivity contribution in [3.05, 3.63) is 108 Å². The normalized spacial score (nSPS) is 11.8. The largest absolute Gasteiger partial charge is 0.372 e. The van der Waals surface area contributed by atoms with E-state index in [-0.39, 0.29) is 24.6 Å². The van der Waals surface area contributed by atoms with E-state index in [1.165, 1.54) is 11.8 Å². The lowest BCUT2D eigenvalue weighted by Crippen LogP contribution is -2.54. The second kappa shape index (κ2) is 14.2. The molecule has 0 saturated carbocycles. The van der Waals surface area contributed by atoms with Crippen molar-refractivity contribution in [2.45, 2.75) is 31.0 Å². The Kier molecular flexibility index (Phi) is 10.7. The summed E-state index contributed by atoms with van der Waals surface area (Å²) in [6, 6.07) is 25.7. The zero-order valence-corrected chi connectivity index (χ0v) is 21.1. The van der Waals surface area contributed by atoms with Crippen molar-refractivity contribution in [2.24, 2.45) is 0 Å². The van der Waals surface area contributed by atoms with Gasteiger partial charge in [0.1, 0.15) is 6.04 Å². The summed E-state index contributed by atoms with van der Waals surface area (Å²) in [4.78, 5) is 38.0. The van der Waals surface area contributed by atoms with Crippen LogP contribution in [0.15, 0.2) is 91.0 Å². The minimum absolute atomic E-state index is 0.141. The second-order valence-electron chi connectivity index (χ2n) is 8.39. The van der Waals surface area contributed by atoms with Crippen LogP contribution in [0.25, 0.3) is 0 Å². The molecule has 3 rings (SSSR count). The Balaban J connectivity index is 1.77. The summed E-state index contributed by atoms with van der Waals surface area (Å²) < 4.78 is 0. The van der Waals surface area contributed by atoms with Crippen LogP contribution >= 0.6 is 11.8 Å². The molecule has 3 aromatic carbocycles. The number of nitrogens with one attached hydrogen (secondary N) is 3. The highest BCUT2D eigenvalue weighted by atomic mass is 32.2. The number of thioether (sulfide) groups is 1. The molecule has 0 spiro atoms. The predicted octanol–water partition coefficient (Wildman–Crippen LogP) is 2.74. The number of aliphatic hydroxyl groups is 1. The van der Waals surface area contributed by atoms with Crippen LogP contribution in [-0.2, 0) is 26.5 Å². The molecule has 194 valence electrons. The summed E-state index contributed by atoms with van der Waals surface area (Å²) in [5, 5.41) is 26.0. The molecule has 0 aliphatic heterocycles. The van der Waals surface area contributed by atoms with E-state index >= 15 is 0 Å². The monoisotopic (exact) mass is 521 g/mol. The van der Waals surface area contributed by atoms with Gasteiger partial charge in [-0.3, -0.25) is 19.6 Å². The molecule has 3 aromatic rings. The smallest absolute Gasteiger partial charge is 0.262 e. The summed E-state index contributed by atoms with van der Waals surface area (Å²) in [6.07, 6.45) is 0.629. The maximum Gasteiger partial charge on any atom is 0.262 e. The molecule has 0 aromatic heterocycles. The Labute approximate surface area is 220 Å². The van der Waals surface area contributed by atoms with Gasteiger partial charge in [-0.1, -0.05) is 91.0 Å².